The first-order valence-corrected chi connectivity index (χ1v) is 7.26. The van der Waals surface area contributed by atoms with Crippen LogP contribution >= 0.6 is 11.8 Å². The molecule has 100 valence electrons. The topological polar surface area (TPSA) is 79.1 Å². The van der Waals surface area contributed by atoms with Gasteiger partial charge in [0.15, 0.2) is 5.16 Å². The van der Waals surface area contributed by atoms with Gasteiger partial charge < -0.3 is 15.6 Å². The number of rotatable bonds is 5. The molecule has 0 aliphatic carbocycles. The Hall–Kier alpha value is -1.05. The molecule has 1 fully saturated rings. The van der Waals surface area contributed by atoms with Crippen molar-refractivity contribution in [2.45, 2.75) is 11.6 Å². The summed E-state index contributed by atoms with van der Waals surface area (Å²) in [5.41, 5.74) is 2.56. The molecule has 2 heterocycles. The van der Waals surface area contributed by atoms with Gasteiger partial charge in [0.2, 0.25) is 0 Å². The minimum absolute atomic E-state index is 0.639. The van der Waals surface area contributed by atoms with Crippen LogP contribution in [-0.4, -0.2) is 47.8 Å². The Bertz CT molecular complexity index is 377. The van der Waals surface area contributed by atoms with Gasteiger partial charge in [0.05, 0.1) is 0 Å². The molecule has 1 aromatic rings. The lowest BCUT2D eigenvalue weighted by Gasteiger charge is -2.13. The van der Waals surface area contributed by atoms with E-state index in [1.54, 1.807) is 0 Å². The molecule has 1 aliphatic rings. The number of likely N-dealkylation sites (tertiary alicyclic amines) is 1. The van der Waals surface area contributed by atoms with Crippen LogP contribution in [0.4, 0.5) is 11.6 Å². The van der Waals surface area contributed by atoms with E-state index < -0.39 is 0 Å². The summed E-state index contributed by atoms with van der Waals surface area (Å²) in [6, 6.07) is 1.83. The number of nitrogen functional groups attached to an aromatic ring is 1. The highest BCUT2D eigenvalue weighted by molar-refractivity contribution is 7.98. The molecule has 18 heavy (non-hydrogen) atoms. The fourth-order valence-corrected chi connectivity index (χ4v) is 2.50. The van der Waals surface area contributed by atoms with Crippen LogP contribution in [0.1, 0.15) is 6.42 Å². The molecular formula is C11H20N6S. The van der Waals surface area contributed by atoms with Gasteiger partial charge in [-0.15, -0.1) is 0 Å². The summed E-state index contributed by atoms with van der Waals surface area (Å²) < 4.78 is 0. The van der Waals surface area contributed by atoms with Gasteiger partial charge in [-0.05, 0) is 32.2 Å². The maximum Gasteiger partial charge on any atom is 0.191 e. The second kappa shape index (κ2) is 6.21. The van der Waals surface area contributed by atoms with E-state index in [9.17, 15) is 0 Å². The quantitative estimate of drug-likeness (QED) is 0.316. The van der Waals surface area contributed by atoms with Crippen molar-refractivity contribution < 1.29 is 0 Å². The Morgan fingerprint density at radius 2 is 2.28 bits per heavy atom. The number of anilines is 2. The fourth-order valence-electron chi connectivity index (χ4n) is 2.12. The second-order valence-electron chi connectivity index (χ2n) is 4.57. The zero-order valence-electron chi connectivity index (χ0n) is 10.8. The van der Waals surface area contributed by atoms with Crippen LogP contribution in [-0.2, 0) is 0 Å². The summed E-state index contributed by atoms with van der Waals surface area (Å²) in [7, 11) is 2.16. The fraction of sp³-hybridized carbons (Fsp3) is 0.636. The van der Waals surface area contributed by atoms with E-state index in [2.05, 4.69) is 32.7 Å². The molecule has 0 bridgehead atoms. The van der Waals surface area contributed by atoms with Crippen LogP contribution in [0.3, 0.4) is 0 Å². The van der Waals surface area contributed by atoms with E-state index in [1.807, 2.05) is 12.3 Å². The van der Waals surface area contributed by atoms with Crippen molar-refractivity contribution in [3.8, 4) is 0 Å². The van der Waals surface area contributed by atoms with Gasteiger partial charge in [-0.1, -0.05) is 11.8 Å². The van der Waals surface area contributed by atoms with Crippen LogP contribution in [0.2, 0.25) is 0 Å². The smallest absolute Gasteiger partial charge is 0.191 e. The van der Waals surface area contributed by atoms with E-state index in [0.29, 0.717) is 11.7 Å². The Labute approximate surface area is 112 Å². The van der Waals surface area contributed by atoms with Gasteiger partial charge >= 0.3 is 0 Å². The van der Waals surface area contributed by atoms with Crippen LogP contribution in [0.15, 0.2) is 11.2 Å². The number of aromatic nitrogens is 2. The standard InChI is InChI=1S/C11H20N6S/c1-17-4-3-8(7-17)6-13-9-5-10(16-12)15-11(14-9)18-2/h5,8H,3-4,6-7,12H2,1-2H3,(H2,13,14,15,16). The molecular weight excluding hydrogens is 248 g/mol. The third-order valence-corrected chi connectivity index (χ3v) is 3.64. The van der Waals surface area contributed by atoms with Crippen molar-refractivity contribution in [3.63, 3.8) is 0 Å². The summed E-state index contributed by atoms with van der Waals surface area (Å²) >= 11 is 1.50. The number of nitrogens with zero attached hydrogens (tertiary/aromatic N) is 3. The van der Waals surface area contributed by atoms with E-state index >= 15 is 0 Å². The van der Waals surface area contributed by atoms with E-state index in [0.717, 1.165) is 24.1 Å². The number of hydrazine groups is 1. The highest BCUT2D eigenvalue weighted by atomic mass is 32.2. The van der Waals surface area contributed by atoms with Gasteiger partial charge in [0.1, 0.15) is 11.6 Å². The maximum absolute atomic E-state index is 5.39. The Morgan fingerprint density at radius 1 is 1.50 bits per heavy atom. The van der Waals surface area contributed by atoms with Crippen LogP contribution in [0, 0.1) is 5.92 Å². The third-order valence-electron chi connectivity index (χ3n) is 3.10. The van der Waals surface area contributed by atoms with Crippen LogP contribution in [0.5, 0.6) is 0 Å². The first kappa shape index (κ1) is 13.4. The van der Waals surface area contributed by atoms with Gasteiger partial charge in [-0.3, -0.25) is 0 Å². The molecule has 2 rings (SSSR count). The van der Waals surface area contributed by atoms with Gasteiger partial charge in [-0.2, -0.15) is 0 Å². The molecule has 1 aromatic heterocycles. The number of nitrogens with one attached hydrogen (secondary N) is 2. The predicted molar refractivity (Wildman–Crippen MR) is 75.7 cm³/mol. The molecule has 0 amide bonds. The summed E-state index contributed by atoms with van der Waals surface area (Å²) in [5.74, 6) is 7.56. The van der Waals surface area contributed by atoms with E-state index in [-0.39, 0.29) is 0 Å². The van der Waals surface area contributed by atoms with Gasteiger partial charge in [0.25, 0.3) is 0 Å². The number of thioether (sulfide) groups is 1. The molecule has 1 atom stereocenters. The summed E-state index contributed by atoms with van der Waals surface area (Å²) in [4.78, 5) is 11.0. The van der Waals surface area contributed by atoms with Crippen molar-refractivity contribution in [2.24, 2.45) is 11.8 Å². The Morgan fingerprint density at radius 3 is 2.89 bits per heavy atom. The summed E-state index contributed by atoms with van der Waals surface area (Å²) in [6.07, 6.45) is 3.19. The van der Waals surface area contributed by atoms with E-state index in [1.165, 1.54) is 24.7 Å². The lowest BCUT2D eigenvalue weighted by Crippen LogP contribution is -2.20. The van der Waals surface area contributed by atoms with Crippen molar-refractivity contribution in [1.82, 2.24) is 14.9 Å². The molecule has 7 heteroatoms. The molecule has 6 nitrogen and oxygen atoms in total. The number of hydrogen-bond acceptors (Lipinski definition) is 7. The monoisotopic (exact) mass is 268 g/mol. The van der Waals surface area contributed by atoms with Crippen molar-refractivity contribution in [1.29, 1.82) is 0 Å². The minimum Gasteiger partial charge on any atom is -0.370 e. The summed E-state index contributed by atoms with van der Waals surface area (Å²) in [6.45, 7) is 3.27. The Balaban J connectivity index is 1.95. The molecule has 1 aliphatic heterocycles. The van der Waals surface area contributed by atoms with Crippen LogP contribution in [0.25, 0.3) is 0 Å². The average Bonchev–Trinajstić information content (AvgIpc) is 2.81. The van der Waals surface area contributed by atoms with Crippen molar-refractivity contribution in [3.05, 3.63) is 6.07 Å². The number of hydrogen-bond donors (Lipinski definition) is 3. The van der Waals surface area contributed by atoms with Crippen LogP contribution < -0.4 is 16.6 Å². The molecule has 0 radical (unpaired) electrons. The molecule has 1 unspecified atom stereocenters. The Kier molecular flexibility index (Phi) is 4.62. The second-order valence-corrected chi connectivity index (χ2v) is 5.34. The average molecular weight is 268 g/mol. The zero-order valence-corrected chi connectivity index (χ0v) is 11.6. The van der Waals surface area contributed by atoms with E-state index in [4.69, 9.17) is 5.84 Å². The third kappa shape index (κ3) is 3.47. The first-order valence-electron chi connectivity index (χ1n) is 6.03. The lowest BCUT2D eigenvalue weighted by molar-refractivity contribution is 0.399. The normalized spacial score (nSPS) is 20.1. The molecule has 0 aromatic carbocycles. The highest BCUT2D eigenvalue weighted by Gasteiger charge is 2.19. The van der Waals surface area contributed by atoms with Gasteiger partial charge in [0, 0.05) is 19.2 Å². The minimum atomic E-state index is 0.639. The van der Waals surface area contributed by atoms with Crippen molar-refractivity contribution in [2.75, 3.05) is 43.7 Å². The molecule has 0 saturated carbocycles. The molecule has 1 saturated heterocycles. The first-order chi connectivity index (χ1) is 8.71. The number of nitrogens with two attached hydrogens (primary N) is 1. The van der Waals surface area contributed by atoms with Gasteiger partial charge in [-0.25, -0.2) is 15.8 Å². The molecule has 0 spiro atoms. The molecule has 4 N–H and O–H groups in total. The largest absolute Gasteiger partial charge is 0.370 e. The lowest BCUT2D eigenvalue weighted by atomic mass is 10.1. The highest BCUT2D eigenvalue weighted by Crippen LogP contribution is 2.19. The van der Waals surface area contributed by atoms with Crippen molar-refractivity contribution >= 4 is 23.4 Å². The SMILES string of the molecule is CSc1nc(NN)cc(NCC2CCN(C)C2)n1. The predicted octanol–water partition coefficient (Wildman–Crippen LogP) is 0.848. The zero-order chi connectivity index (χ0) is 13.0. The summed E-state index contributed by atoms with van der Waals surface area (Å²) in [5, 5.41) is 4.09. The maximum atomic E-state index is 5.39.